The van der Waals surface area contributed by atoms with Gasteiger partial charge in [0, 0.05) is 14.5 Å². The fraction of sp³-hybridized carbons (Fsp3) is 1.00. The van der Waals surface area contributed by atoms with Gasteiger partial charge in [0.1, 0.15) is 0 Å². The standard InChI is InChI=1S/C7H18N2.H2/c1-3-4-6-9(2)7-5-8;/h3-8H2,1-2H3;1H. The zero-order valence-electron chi connectivity index (χ0n) is 6.56. The van der Waals surface area contributed by atoms with E-state index in [-0.39, 0.29) is 1.43 Å². The van der Waals surface area contributed by atoms with Crippen molar-refractivity contribution in [3.8, 4) is 0 Å². The third-order valence-electron chi connectivity index (χ3n) is 1.40. The van der Waals surface area contributed by atoms with Crippen LogP contribution in [-0.2, 0) is 0 Å². The van der Waals surface area contributed by atoms with Gasteiger partial charge in [0.05, 0.1) is 0 Å². The van der Waals surface area contributed by atoms with E-state index < -0.39 is 0 Å². The second-order valence-electron chi connectivity index (χ2n) is 2.45. The molecule has 9 heavy (non-hydrogen) atoms. The molecule has 0 rings (SSSR count). The minimum Gasteiger partial charge on any atom is -0.329 e. The third-order valence-corrected chi connectivity index (χ3v) is 1.40. The Morgan fingerprint density at radius 1 is 1.44 bits per heavy atom. The summed E-state index contributed by atoms with van der Waals surface area (Å²) in [6.45, 7) is 5.20. The molecule has 0 aromatic carbocycles. The Morgan fingerprint density at radius 3 is 2.56 bits per heavy atom. The fourth-order valence-electron chi connectivity index (χ4n) is 0.760. The molecular weight excluding hydrogens is 112 g/mol. The van der Waals surface area contributed by atoms with Gasteiger partial charge >= 0.3 is 0 Å². The minimum atomic E-state index is 0. The number of likely N-dealkylation sites (N-methyl/N-ethyl adjacent to an activating group) is 1. The molecule has 0 aliphatic rings. The number of nitrogens with two attached hydrogens (primary N) is 1. The van der Waals surface area contributed by atoms with E-state index in [0.29, 0.717) is 0 Å². The second kappa shape index (κ2) is 6.05. The summed E-state index contributed by atoms with van der Waals surface area (Å²) >= 11 is 0. The minimum absolute atomic E-state index is 0. The van der Waals surface area contributed by atoms with Gasteiger partial charge in [-0.25, -0.2) is 0 Å². The van der Waals surface area contributed by atoms with E-state index in [1.165, 1.54) is 19.4 Å². The summed E-state index contributed by atoms with van der Waals surface area (Å²) in [5.41, 5.74) is 5.36. The molecule has 0 heterocycles. The van der Waals surface area contributed by atoms with Crippen molar-refractivity contribution in [1.82, 2.24) is 4.90 Å². The number of rotatable bonds is 5. The first-order valence-electron chi connectivity index (χ1n) is 3.70. The largest absolute Gasteiger partial charge is 0.329 e. The van der Waals surface area contributed by atoms with Crippen molar-refractivity contribution in [2.24, 2.45) is 5.73 Å². The molecule has 0 atom stereocenters. The molecule has 0 fully saturated rings. The Morgan fingerprint density at radius 2 is 2.11 bits per heavy atom. The molecule has 2 N–H and O–H groups in total. The molecular formula is C7H20N2. The molecule has 0 unspecified atom stereocenters. The summed E-state index contributed by atoms with van der Waals surface area (Å²) in [6.07, 6.45) is 2.56. The molecule has 0 bridgehead atoms. The Balaban J connectivity index is 0. The number of unbranched alkanes of at least 4 members (excludes halogenated alkanes) is 1. The lowest BCUT2D eigenvalue weighted by Gasteiger charge is -2.13. The average Bonchev–Trinajstić information content (AvgIpc) is 1.85. The Hall–Kier alpha value is -0.0800. The van der Waals surface area contributed by atoms with Crippen LogP contribution in [0.5, 0.6) is 0 Å². The lowest BCUT2D eigenvalue weighted by Crippen LogP contribution is -2.26. The molecule has 0 saturated carbocycles. The molecule has 0 aliphatic heterocycles. The topological polar surface area (TPSA) is 29.3 Å². The molecule has 0 saturated heterocycles. The van der Waals surface area contributed by atoms with Crippen LogP contribution in [-0.4, -0.2) is 31.6 Å². The molecule has 0 aromatic rings. The molecule has 0 aliphatic carbocycles. The third kappa shape index (κ3) is 5.80. The van der Waals surface area contributed by atoms with Gasteiger partial charge in [0.2, 0.25) is 0 Å². The van der Waals surface area contributed by atoms with Gasteiger partial charge in [0.25, 0.3) is 0 Å². The maximum atomic E-state index is 5.36. The summed E-state index contributed by atoms with van der Waals surface area (Å²) in [5.74, 6) is 0. The summed E-state index contributed by atoms with van der Waals surface area (Å²) in [5, 5.41) is 0. The lowest BCUT2D eigenvalue weighted by atomic mass is 10.3. The Labute approximate surface area is 59.5 Å². The van der Waals surface area contributed by atoms with Crippen molar-refractivity contribution < 1.29 is 1.43 Å². The van der Waals surface area contributed by atoms with Gasteiger partial charge in [-0.3, -0.25) is 0 Å². The number of nitrogens with zero attached hydrogens (tertiary/aromatic N) is 1. The van der Waals surface area contributed by atoms with Gasteiger partial charge in [-0.15, -0.1) is 0 Å². The Kier molecular flexibility index (Phi) is 5.99. The SMILES string of the molecule is CCCCN(C)CCN.[HH]. The predicted octanol–water partition coefficient (Wildman–Crippen LogP) is 0.923. The highest BCUT2D eigenvalue weighted by molar-refractivity contribution is 4.49. The second-order valence-corrected chi connectivity index (χ2v) is 2.45. The van der Waals surface area contributed by atoms with Crippen molar-refractivity contribution in [3.05, 3.63) is 0 Å². The van der Waals surface area contributed by atoms with Gasteiger partial charge in [-0.1, -0.05) is 13.3 Å². The predicted molar refractivity (Wildman–Crippen MR) is 43.6 cm³/mol. The van der Waals surface area contributed by atoms with Crippen molar-refractivity contribution >= 4 is 0 Å². The molecule has 0 spiro atoms. The first kappa shape index (κ1) is 8.92. The number of hydrogen-bond donors (Lipinski definition) is 1. The van der Waals surface area contributed by atoms with E-state index in [2.05, 4.69) is 18.9 Å². The average molecular weight is 132 g/mol. The first-order chi connectivity index (χ1) is 4.31. The lowest BCUT2D eigenvalue weighted by molar-refractivity contribution is 0.337. The van der Waals surface area contributed by atoms with Gasteiger partial charge in [-0.2, -0.15) is 0 Å². The van der Waals surface area contributed by atoms with Crippen LogP contribution in [0.3, 0.4) is 0 Å². The van der Waals surface area contributed by atoms with Crippen LogP contribution in [0.4, 0.5) is 0 Å². The molecule has 58 valence electrons. The summed E-state index contributed by atoms with van der Waals surface area (Å²) < 4.78 is 0. The first-order valence-corrected chi connectivity index (χ1v) is 3.70. The van der Waals surface area contributed by atoms with E-state index in [4.69, 9.17) is 5.73 Å². The van der Waals surface area contributed by atoms with Crippen molar-refractivity contribution in [1.29, 1.82) is 0 Å². The van der Waals surface area contributed by atoms with Crippen LogP contribution in [0.1, 0.15) is 21.2 Å². The van der Waals surface area contributed by atoms with E-state index in [0.717, 1.165) is 13.1 Å². The highest BCUT2D eigenvalue weighted by Gasteiger charge is 1.92. The summed E-state index contributed by atoms with van der Waals surface area (Å²) in [4.78, 5) is 2.27. The van der Waals surface area contributed by atoms with Gasteiger partial charge < -0.3 is 10.6 Å². The van der Waals surface area contributed by atoms with Crippen LogP contribution >= 0.6 is 0 Å². The highest BCUT2D eigenvalue weighted by Crippen LogP contribution is 1.89. The molecule has 0 radical (unpaired) electrons. The smallest absolute Gasteiger partial charge is 0.0102 e. The normalized spacial score (nSPS) is 10.7. The summed E-state index contributed by atoms with van der Waals surface area (Å²) in [6, 6.07) is 0. The van der Waals surface area contributed by atoms with Crippen molar-refractivity contribution in [2.75, 3.05) is 26.7 Å². The molecule has 2 heteroatoms. The van der Waals surface area contributed by atoms with E-state index in [1.807, 2.05) is 0 Å². The van der Waals surface area contributed by atoms with Crippen LogP contribution in [0.25, 0.3) is 0 Å². The van der Waals surface area contributed by atoms with E-state index in [1.54, 1.807) is 0 Å². The summed E-state index contributed by atoms with van der Waals surface area (Å²) in [7, 11) is 2.11. The zero-order chi connectivity index (χ0) is 7.11. The van der Waals surface area contributed by atoms with Crippen LogP contribution < -0.4 is 5.73 Å². The highest BCUT2D eigenvalue weighted by atomic mass is 15.1. The van der Waals surface area contributed by atoms with Crippen LogP contribution in [0, 0.1) is 0 Å². The maximum absolute atomic E-state index is 5.36. The van der Waals surface area contributed by atoms with Gasteiger partial charge in [0.15, 0.2) is 0 Å². The molecule has 0 aromatic heterocycles. The zero-order valence-corrected chi connectivity index (χ0v) is 6.56. The van der Waals surface area contributed by atoms with Crippen LogP contribution in [0.2, 0.25) is 0 Å². The molecule has 0 amide bonds. The fourth-order valence-corrected chi connectivity index (χ4v) is 0.760. The van der Waals surface area contributed by atoms with Gasteiger partial charge in [-0.05, 0) is 20.0 Å². The van der Waals surface area contributed by atoms with Crippen molar-refractivity contribution in [2.45, 2.75) is 19.8 Å². The molecule has 2 nitrogen and oxygen atoms in total. The van der Waals surface area contributed by atoms with E-state index >= 15 is 0 Å². The maximum Gasteiger partial charge on any atom is 0.0102 e. The quantitative estimate of drug-likeness (QED) is 0.603. The number of hydrogen-bond acceptors (Lipinski definition) is 2. The monoisotopic (exact) mass is 132 g/mol. The Bertz CT molecular complexity index is 59.6. The van der Waals surface area contributed by atoms with E-state index in [9.17, 15) is 0 Å². The van der Waals surface area contributed by atoms with Crippen molar-refractivity contribution in [3.63, 3.8) is 0 Å². The van der Waals surface area contributed by atoms with Crippen LogP contribution in [0.15, 0.2) is 0 Å².